The summed E-state index contributed by atoms with van der Waals surface area (Å²) in [6, 6.07) is 12.9. The first-order valence-corrected chi connectivity index (χ1v) is 9.89. The van der Waals surface area contributed by atoms with Gasteiger partial charge in [0.05, 0.1) is 5.25 Å². The number of anilines is 1. The van der Waals surface area contributed by atoms with Gasteiger partial charge in [0.25, 0.3) is 10.1 Å². The number of benzene rings is 2. The minimum atomic E-state index is -3.98. The molecule has 0 bridgehead atoms. The first kappa shape index (κ1) is 19.7. The molecule has 1 aliphatic heterocycles. The minimum Gasteiger partial charge on any atom is -0.412 e. The molecule has 1 heterocycles. The van der Waals surface area contributed by atoms with E-state index in [9.17, 15) is 13.0 Å². The van der Waals surface area contributed by atoms with E-state index < -0.39 is 15.4 Å². The third kappa shape index (κ3) is 3.26. The summed E-state index contributed by atoms with van der Waals surface area (Å²) in [6.45, 7) is 8.84. The third-order valence-corrected chi connectivity index (χ3v) is 6.91. The average molecular weight is 365 g/mol. The van der Waals surface area contributed by atoms with E-state index in [1.54, 1.807) is 6.92 Å². The zero-order chi connectivity index (χ0) is 17.7. The summed E-state index contributed by atoms with van der Waals surface area (Å²) in [5.41, 5.74) is 2.47. The Morgan fingerprint density at radius 1 is 1.20 bits per heavy atom. The zero-order valence-corrected chi connectivity index (χ0v) is 16.0. The predicted molar refractivity (Wildman–Crippen MR) is 103 cm³/mol. The summed E-state index contributed by atoms with van der Waals surface area (Å²) >= 11 is 0. The van der Waals surface area contributed by atoms with Gasteiger partial charge in [-0.25, -0.2) is 0 Å². The molecule has 0 radical (unpaired) electrons. The Morgan fingerprint density at radius 2 is 1.84 bits per heavy atom. The molecular formula is C19H27NO4S. The van der Waals surface area contributed by atoms with Crippen LogP contribution in [0.1, 0.15) is 39.7 Å². The van der Waals surface area contributed by atoms with Crippen LogP contribution in [0.25, 0.3) is 10.8 Å². The Morgan fingerprint density at radius 3 is 2.48 bits per heavy atom. The van der Waals surface area contributed by atoms with E-state index in [0.29, 0.717) is 13.0 Å². The molecule has 2 aromatic carbocycles. The average Bonchev–Trinajstić information content (AvgIpc) is 2.71. The molecule has 2 aromatic rings. The van der Waals surface area contributed by atoms with Gasteiger partial charge in [0.15, 0.2) is 0 Å². The van der Waals surface area contributed by atoms with Crippen molar-refractivity contribution in [2.45, 2.75) is 50.8 Å². The molecule has 2 unspecified atom stereocenters. The molecule has 0 saturated carbocycles. The Bertz CT molecular complexity index is 876. The van der Waals surface area contributed by atoms with Crippen molar-refractivity contribution < 1.29 is 18.4 Å². The van der Waals surface area contributed by atoms with Gasteiger partial charge in [0, 0.05) is 23.7 Å². The fourth-order valence-electron chi connectivity index (χ4n) is 3.77. The molecule has 0 aliphatic carbocycles. The van der Waals surface area contributed by atoms with Crippen LogP contribution in [0, 0.1) is 0 Å². The molecule has 1 aliphatic rings. The molecule has 0 spiro atoms. The van der Waals surface area contributed by atoms with Crippen molar-refractivity contribution in [1.29, 1.82) is 0 Å². The van der Waals surface area contributed by atoms with Gasteiger partial charge in [0.1, 0.15) is 0 Å². The van der Waals surface area contributed by atoms with Crippen molar-refractivity contribution in [3.8, 4) is 0 Å². The Labute approximate surface area is 149 Å². The second-order valence-corrected chi connectivity index (χ2v) is 9.22. The van der Waals surface area contributed by atoms with Crippen molar-refractivity contribution in [3.05, 3.63) is 42.0 Å². The molecule has 5 nitrogen and oxygen atoms in total. The van der Waals surface area contributed by atoms with Crippen molar-refractivity contribution in [2.75, 3.05) is 11.4 Å². The van der Waals surface area contributed by atoms with Gasteiger partial charge in [-0.1, -0.05) is 44.2 Å². The first-order chi connectivity index (χ1) is 11.1. The largest absolute Gasteiger partial charge is 0.412 e. The molecule has 6 heteroatoms. The normalized spacial score (nSPS) is 20.2. The fraction of sp³-hybridized carbons (Fsp3) is 0.474. The summed E-state index contributed by atoms with van der Waals surface area (Å²) < 4.78 is 31.8. The maximum Gasteiger partial charge on any atom is 0.267 e. The summed E-state index contributed by atoms with van der Waals surface area (Å²) in [4.78, 5) is 2.28. The lowest BCUT2D eigenvalue weighted by molar-refractivity contribution is 0.435. The smallest absolute Gasteiger partial charge is 0.267 e. The SMILES string of the molecule is CC1N(CCC(C)S(=O)(=O)O)c2ccc3ccccc3c2C1(C)C.O. The Hall–Kier alpha value is -1.63. The molecule has 3 N–H and O–H groups in total. The van der Waals surface area contributed by atoms with Crippen LogP contribution in [0.5, 0.6) is 0 Å². The van der Waals surface area contributed by atoms with Crippen LogP contribution in [-0.4, -0.2) is 36.3 Å². The van der Waals surface area contributed by atoms with E-state index >= 15 is 0 Å². The molecule has 0 saturated heterocycles. The lowest BCUT2D eigenvalue weighted by Gasteiger charge is -2.32. The van der Waals surface area contributed by atoms with E-state index in [0.717, 1.165) is 0 Å². The van der Waals surface area contributed by atoms with E-state index in [1.165, 1.54) is 22.0 Å². The molecule has 138 valence electrons. The highest BCUT2D eigenvalue weighted by Crippen LogP contribution is 2.48. The van der Waals surface area contributed by atoms with Gasteiger partial charge >= 0.3 is 0 Å². The number of nitrogens with zero attached hydrogens (tertiary/aromatic N) is 1. The predicted octanol–water partition coefficient (Wildman–Crippen LogP) is 3.17. The van der Waals surface area contributed by atoms with Crippen LogP contribution >= 0.6 is 0 Å². The summed E-state index contributed by atoms with van der Waals surface area (Å²) in [6.07, 6.45) is 0.408. The highest BCUT2D eigenvalue weighted by Gasteiger charge is 2.42. The van der Waals surface area contributed by atoms with Crippen LogP contribution in [0.3, 0.4) is 0 Å². The highest BCUT2D eigenvalue weighted by atomic mass is 32.2. The Kier molecular flexibility index (Phi) is 5.19. The quantitative estimate of drug-likeness (QED) is 0.843. The second kappa shape index (κ2) is 6.59. The van der Waals surface area contributed by atoms with Crippen LogP contribution in [0.2, 0.25) is 0 Å². The maximum atomic E-state index is 11.3. The van der Waals surface area contributed by atoms with E-state index in [4.69, 9.17) is 0 Å². The summed E-state index contributed by atoms with van der Waals surface area (Å²) in [5, 5.41) is 1.74. The van der Waals surface area contributed by atoms with Gasteiger partial charge in [-0.2, -0.15) is 8.42 Å². The van der Waals surface area contributed by atoms with E-state index in [2.05, 4.69) is 56.0 Å². The standard InChI is InChI=1S/C19H25NO3S.H2O/c1-13(24(21,22)23)11-12-20-14(2)19(3,4)18-16-8-6-5-7-15(16)9-10-17(18)20;/h5-10,13-14H,11-12H2,1-4H3,(H,21,22,23);1H2. The number of hydrogen-bond acceptors (Lipinski definition) is 3. The van der Waals surface area contributed by atoms with Crippen LogP contribution < -0.4 is 4.90 Å². The van der Waals surface area contributed by atoms with E-state index in [1.807, 2.05) is 6.07 Å². The first-order valence-electron chi connectivity index (χ1n) is 8.39. The lowest BCUT2D eigenvalue weighted by atomic mass is 9.79. The molecule has 0 amide bonds. The number of hydrogen-bond donors (Lipinski definition) is 1. The minimum absolute atomic E-state index is 0. The van der Waals surface area contributed by atoms with Crippen LogP contribution in [0.4, 0.5) is 5.69 Å². The molecule has 0 aromatic heterocycles. The lowest BCUT2D eigenvalue weighted by Crippen LogP contribution is -2.40. The topological polar surface area (TPSA) is 89.1 Å². The van der Waals surface area contributed by atoms with Gasteiger partial charge < -0.3 is 10.4 Å². The van der Waals surface area contributed by atoms with Crippen molar-refractivity contribution in [2.24, 2.45) is 0 Å². The Balaban J connectivity index is 0.00000225. The monoisotopic (exact) mass is 365 g/mol. The fourth-order valence-corrected chi connectivity index (χ4v) is 4.17. The van der Waals surface area contributed by atoms with Crippen molar-refractivity contribution >= 4 is 26.6 Å². The molecule has 0 fully saturated rings. The number of fused-ring (bicyclic) bond motifs is 3. The highest BCUT2D eigenvalue weighted by molar-refractivity contribution is 7.86. The number of rotatable bonds is 4. The molecule has 3 rings (SSSR count). The van der Waals surface area contributed by atoms with Gasteiger partial charge in [-0.3, -0.25) is 4.55 Å². The van der Waals surface area contributed by atoms with Gasteiger partial charge in [0.2, 0.25) is 0 Å². The zero-order valence-electron chi connectivity index (χ0n) is 15.2. The van der Waals surface area contributed by atoms with Gasteiger partial charge in [-0.15, -0.1) is 0 Å². The molecule has 25 heavy (non-hydrogen) atoms. The van der Waals surface area contributed by atoms with E-state index in [-0.39, 0.29) is 16.9 Å². The molecule has 2 atom stereocenters. The second-order valence-electron chi connectivity index (χ2n) is 7.39. The third-order valence-electron chi connectivity index (χ3n) is 5.66. The maximum absolute atomic E-state index is 11.3. The van der Waals surface area contributed by atoms with Crippen LogP contribution in [-0.2, 0) is 15.5 Å². The van der Waals surface area contributed by atoms with Crippen molar-refractivity contribution in [1.82, 2.24) is 0 Å². The summed E-state index contributed by atoms with van der Waals surface area (Å²) in [7, 11) is -3.98. The van der Waals surface area contributed by atoms with Gasteiger partial charge in [-0.05, 0) is 42.7 Å². The van der Waals surface area contributed by atoms with Crippen LogP contribution in [0.15, 0.2) is 36.4 Å². The summed E-state index contributed by atoms with van der Waals surface area (Å²) in [5.74, 6) is 0. The molecular weight excluding hydrogens is 338 g/mol. The van der Waals surface area contributed by atoms with Crippen molar-refractivity contribution in [3.63, 3.8) is 0 Å².